The maximum Gasteiger partial charge on any atom is 1.00 e. The summed E-state index contributed by atoms with van der Waals surface area (Å²) in [4.78, 5) is 22.6. The molecule has 1 atom stereocenters. The third kappa shape index (κ3) is 12.3. The van der Waals surface area contributed by atoms with Crippen LogP contribution in [0.5, 0.6) is 0 Å². The van der Waals surface area contributed by atoms with E-state index in [0.717, 1.165) is 19.3 Å². The first-order chi connectivity index (χ1) is 11.0. The van der Waals surface area contributed by atoms with Crippen molar-refractivity contribution in [2.75, 3.05) is 0 Å². The molecule has 0 aliphatic rings. The van der Waals surface area contributed by atoms with Crippen molar-refractivity contribution in [2.45, 2.75) is 104 Å². The molecule has 0 saturated carbocycles. The number of hydrogen-bond donors (Lipinski definition) is 2. The van der Waals surface area contributed by atoms with Gasteiger partial charge in [0.05, 0.1) is 11.8 Å². The fraction of sp³-hybridized carbons (Fsp3) is 0.895. The minimum Gasteiger partial charge on any atom is -1.00 e. The zero-order valence-electron chi connectivity index (χ0n) is 17.1. The molecule has 24 heavy (non-hydrogen) atoms. The van der Waals surface area contributed by atoms with Gasteiger partial charge in [-0.2, -0.15) is 0 Å². The van der Waals surface area contributed by atoms with Crippen molar-refractivity contribution in [1.82, 2.24) is 0 Å². The molecule has 0 fully saturated rings. The molecule has 0 aromatic rings. The third-order valence-electron chi connectivity index (χ3n) is 4.68. The van der Waals surface area contributed by atoms with E-state index >= 15 is 0 Å². The van der Waals surface area contributed by atoms with E-state index in [2.05, 4.69) is 6.92 Å². The Morgan fingerprint density at radius 2 is 1.21 bits per heavy atom. The molecule has 0 radical (unpaired) electrons. The number of hydrogen-bond acceptors (Lipinski definition) is 2. The van der Waals surface area contributed by atoms with Gasteiger partial charge in [-0.1, -0.05) is 84.5 Å². The molecule has 1 unspecified atom stereocenters. The van der Waals surface area contributed by atoms with Crippen LogP contribution in [-0.4, -0.2) is 22.2 Å². The van der Waals surface area contributed by atoms with Crippen molar-refractivity contribution in [2.24, 2.45) is 5.41 Å². The second-order valence-corrected chi connectivity index (χ2v) is 6.84. The topological polar surface area (TPSA) is 74.6 Å². The van der Waals surface area contributed by atoms with Crippen LogP contribution in [-0.2, 0) is 9.59 Å². The molecule has 0 bridgehead atoms. The smallest absolute Gasteiger partial charge is 1.00 e. The van der Waals surface area contributed by atoms with E-state index in [4.69, 9.17) is 5.11 Å². The summed E-state index contributed by atoms with van der Waals surface area (Å²) in [5.41, 5.74) is -1.07. The Hall–Kier alpha value is -0.0600. The van der Waals surface area contributed by atoms with E-state index < -0.39 is 17.4 Å². The van der Waals surface area contributed by atoms with Gasteiger partial charge in [0, 0.05) is 0 Å². The monoisotopic (exact) mass is 352 g/mol. The van der Waals surface area contributed by atoms with Crippen LogP contribution in [0.3, 0.4) is 0 Å². The zero-order chi connectivity index (χ0) is 17.6. The normalized spacial score (nSPS) is 13.1. The maximum atomic E-state index is 11.6. The van der Waals surface area contributed by atoms with Gasteiger partial charge in [-0.05, 0) is 12.8 Å². The summed E-state index contributed by atoms with van der Waals surface area (Å²) in [5.74, 6) is -1.95. The molecule has 2 N–H and O–H groups in total. The first kappa shape index (κ1) is 26.2. The number of rotatable bonds is 16. The number of carbonyl (C=O) groups is 2. The Morgan fingerprint density at radius 3 is 1.58 bits per heavy atom. The van der Waals surface area contributed by atoms with Gasteiger partial charge < -0.3 is 11.6 Å². The molecule has 4 nitrogen and oxygen atoms in total. The molecule has 0 saturated heterocycles. The molecular formula is C19H37NaO4. The van der Waals surface area contributed by atoms with Crippen molar-refractivity contribution in [3.05, 3.63) is 0 Å². The molecule has 0 rings (SSSR count). The quantitative estimate of drug-likeness (QED) is 0.331. The SMILES string of the molecule is CCCCCCCCCCCCC(CCC)(CC(=O)O)C(=O)O.[H-].[Na+]. The average Bonchev–Trinajstić information content (AvgIpc) is 2.48. The number of aliphatic carboxylic acids is 2. The molecule has 0 aliphatic carbocycles. The van der Waals surface area contributed by atoms with Crippen LogP contribution in [0.2, 0.25) is 0 Å². The van der Waals surface area contributed by atoms with Crippen LogP contribution < -0.4 is 29.6 Å². The predicted molar refractivity (Wildman–Crippen MR) is 94.8 cm³/mol. The molecule has 0 amide bonds. The average molecular weight is 352 g/mol. The van der Waals surface area contributed by atoms with Crippen molar-refractivity contribution in [3.8, 4) is 0 Å². The van der Waals surface area contributed by atoms with Gasteiger partial charge in [0.25, 0.3) is 0 Å². The summed E-state index contributed by atoms with van der Waals surface area (Å²) in [7, 11) is 0. The van der Waals surface area contributed by atoms with Gasteiger partial charge in [-0.3, -0.25) is 9.59 Å². The first-order valence-corrected chi connectivity index (χ1v) is 9.43. The molecule has 0 aliphatic heterocycles. The second-order valence-electron chi connectivity index (χ2n) is 6.84. The molecule has 0 aromatic heterocycles. The molecule has 0 heterocycles. The fourth-order valence-corrected chi connectivity index (χ4v) is 3.31. The summed E-state index contributed by atoms with van der Waals surface area (Å²) in [6.07, 6.45) is 13.4. The van der Waals surface area contributed by atoms with Crippen molar-refractivity contribution >= 4 is 11.9 Å². The Balaban J connectivity index is -0.00000242. The summed E-state index contributed by atoms with van der Waals surface area (Å²) in [5, 5.41) is 18.5. The summed E-state index contributed by atoms with van der Waals surface area (Å²) in [6, 6.07) is 0. The predicted octanol–water partition coefficient (Wildman–Crippen LogP) is 2.76. The Labute approximate surface area is 171 Å². The molecule has 138 valence electrons. The molecule has 5 heteroatoms. The van der Waals surface area contributed by atoms with Gasteiger partial charge in [0.2, 0.25) is 0 Å². The molecule has 0 spiro atoms. The zero-order valence-corrected chi connectivity index (χ0v) is 18.1. The van der Waals surface area contributed by atoms with Gasteiger partial charge in [0.15, 0.2) is 0 Å². The van der Waals surface area contributed by atoms with Crippen LogP contribution in [0.25, 0.3) is 0 Å². The van der Waals surface area contributed by atoms with Crippen LogP contribution in [0.15, 0.2) is 0 Å². The van der Waals surface area contributed by atoms with Crippen molar-refractivity contribution < 1.29 is 50.8 Å². The Kier molecular flexibility index (Phi) is 17.9. The van der Waals surface area contributed by atoms with Gasteiger partial charge in [0.1, 0.15) is 0 Å². The molecule has 0 aromatic carbocycles. The van der Waals surface area contributed by atoms with E-state index in [1.807, 2.05) is 6.92 Å². The number of carboxylic acid groups (broad SMARTS) is 2. The Bertz CT molecular complexity index is 339. The fourth-order valence-electron chi connectivity index (χ4n) is 3.31. The van der Waals surface area contributed by atoms with E-state index in [1.165, 1.54) is 44.9 Å². The van der Waals surface area contributed by atoms with E-state index in [1.54, 1.807) is 0 Å². The summed E-state index contributed by atoms with van der Waals surface area (Å²) in [6.45, 7) is 4.14. The van der Waals surface area contributed by atoms with Crippen LogP contribution >= 0.6 is 0 Å². The summed E-state index contributed by atoms with van der Waals surface area (Å²) >= 11 is 0. The van der Waals surface area contributed by atoms with E-state index in [0.29, 0.717) is 19.3 Å². The van der Waals surface area contributed by atoms with Crippen LogP contribution in [0.4, 0.5) is 0 Å². The largest absolute Gasteiger partial charge is 1.00 e. The van der Waals surface area contributed by atoms with Crippen molar-refractivity contribution in [3.63, 3.8) is 0 Å². The van der Waals surface area contributed by atoms with E-state index in [9.17, 15) is 14.7 Å². The minimum atomic E-state index is -1.07. The first-order valence-electron chi connectivity index (χ1n) is 9.43. The van der Waals surface area contributed by atoms with E-state index in [-0.39, 0.29) is 37.4 Å². The van der Waals surface area contributed by atoms with Crippen LogP contribution in [0.1, 0.15) is 105 Å². The third-order valence-corrected chi connectivity index (χ3v) is 4.68. The van der Waals surface area contributed by atoms with Gasteiger partial charge >= 0.3 is 41.5 Å². The van der Waals surface area contributed by atoms with Gasteiger partial charge in [-0.15, -0.1) is 0 Å². The second kappa shape index (κ2) is 16.4. The standard InChI is InChI=1S/C19H36O4.Na.H/c1-3-5-6-7-8-9-10-11-12-13-15-19(14-4-2,18(22)23)16-17(20)21;;/h3-16H2,1-2H3,(H,20,21)(H,22,23);;/q;+1;-1. The summed E-state index contributed by atoms with van der Waals surface area (Å²) < 4.78 is 0. The number of unbranched alkanes of at least 4 members (excludes halogenated alkanes) is 9. The van der Waals surface area contributed by atoms with Gasteiger partial charge in [-0.25, -0.2) is 0 Å². The minimum absolute atomic E-state index is 0. The maximum absolute atomic E-state index is 11.6. The Morgan fingerprint density at radius 1 is 0.750 bits per heavy atom. The van der Waals surface area contributed by atoms with Crippen molar-refractivity contribution in [1.29, 1.82) is 0 Å². The number of carboxylic acids is 2. The molecular weight excluding hydrogens is 315 g/mol. The van der Waals surface area contributed by atoms with Crippen LogP contribution in [0, 0.1) is 5.41 Å².